The summed E-state index contributed by atoms with van der Waals surface area (Å²) in [5.74, 6) is 0. The van der Waals surface area contributed by atoms with Crippen molar-refractivity contribution in [3.8, 4) is 0 Å². The molecule has 0 bridgehead atoms. The van der Waals surface area contributed by atoms with E-state index >= 15 is 0 Å². The van der Waals surface area contributed by atoms with E-state index in [4.69, 9.17) is 0 Å². The van der Waals surface area contributed by atoms with Crippen molar-refractivity contribution in [2.24, 2.45) is 0 Å². The second-order valence-corrected chi connectivity index (χ2v) is 3.39. The number of unbranched alkanes of at least 4 members (excludes halogenated alkanes) is 2. The molecule has 0 rings (SSSR count). The SMILES string of the molecule is CCCCCN(CC)N(CC)CC. The topological polar surface area (TPSA) is 6.48 Å². The fourth-order valence-electron chi connectivity index (χ4n) is 1.67. The van der Waals surface area contributed by atoms with Gasteiger partial charge >= 0.3 is 0 Å². The van der Waals surface area contributed by atoms with E-state index in [1.165, 1.54) is 25.8 Å². The first-order valence-electron chi connectivity index (χ1n) is 5.79. The van der Waals surface area contributed by atoms with Gasteiger partial charge in [0.15, 0.2) is 0 Å². The third-order valence-corrected chi connectivity index (χ3v) is 2.51. The van der Waals surface area contributed by atoms with Gasteiger partial charge in [0.25, 0.3) is 0 Å². The number of hydrogen-bond acceptors (Lipinski definition) is 2. The van der Waals surface area contributed by atoms with E-state index in [1.807, 2.05) is 0 Å². The molecule has 0 radical (unpaired) electrons. The van der Waals surface area contributed by atoms with Gasteiger partial charge in [0, 0.05) is 26.2 Å². The molecule has 0 aromatic rings. The summed E-state index contributed by atoms with van der Waals surface area (Å²) in [7, 11) is 0. The minimum Gasteiger partial charge on any atom is -0.242 e. The van der Waals surface area contributed by atoms with Crippen LogP contribution >= 0.6 is 0 Å². The Hall–Kier alpha value is -0.0800. The molecular weight excluding hydrogens is 160 g/mol. The van der Waals surface area contributed by atoms with Crippen molar-refractivity contribution in [2.45, 2.75) is 47.0 Å². The Kier molecular flexibility index (Phi) is 8.46. The minimum absolute atomic E-state index is 1.14. The van der Waals surface area contributed by atoms with Gasteiger partial charge in [-0.3, -0.25) is 0 Å². The van der Waals surface area contributed by atoms with E-state index in [0.29, 0.717) is 0 Å². The quantitative estimate of drug-likeness (QED) is 0.425. The summed E-state index contributed by atoms with van der Waals surface area (Å²) in [6.45, 7) is 13.6. The van der Waals surface area contributed by atoms with Crippen LogP contribution < -0.4 is 0 Å². The van der Waals surface area contributed by atoms with Crippen molar-refractivity contribution in [2.75, 3.05) is 26.2 Å². The average molecular weight is 186 g/mol. The van der Waals surface area contributed by atoms with Gasteiger partial charge in [0.2, 0.25) is 0 Å². The maximum atomic E-state index is 2.47. The van der Waals surface area contributed by atoms with Crippen LogP contribution in [0, 0.1) is 0 Å². The number of rotatable bonds is 8. The standard InChI is InChI=1S/C11H26N2/c1-5-9-10-11-13(8-4)12(6-2)7-3/h5-11H2,1-4H3. The van der Waals surface area contributed by atoms with Crippen LogP contribution in [0.2, 0.25) is 0 Å². The molecule has 0 saturated heterocycles. The Bertz CT molecular complexity index is 100. The van der Waals surface area contributed by atoms with Gasteiger partial charge < -0.3 is 0 Å². The van der Waals surface area contributed by atoms with Crippen LogP contribution in [0.1, 0.15) is 47.0 Å². The molecule has 0 spiro atoms. The Morgan fingerprint density at radius 2 is 1.23 bits per heavy atom. The summed E-state index contributed by atoms with van der Waals surface area (Å²) in [6.07, 6.45) is 4.01. The number of hydrazine groups is 1. The van der Waals surface area contributed by atoms with Gasteiger partial charge in [-0.1, -0.05) is 40.5 Å². The second kappa shape index (κ2) is 8.52. The van der Waals surface area contributed by atoms with Crippen molar-refractivity contribution in [1.29, 1.82) is 0 Å². The molecule has 0 aliphatic carbocycles. The Morgan fingerprint density at radius 3 is 1.62 bits per heavy atom. The summed E-state index contributed by atoms with van der Waals surface area (Å²) in [5, 5.41) is 4.89. The molecular formula is C11H26N2. The number of hydrogen-bond donors (Lipinski definition) is 0. The molecule has 0 atom stereocenters. The van der Waals surface area contributed by atoms with Crippen molar-refractivity contribution in [1.82, 2.24) is 10.0 Å². The highest BCUT2D eigenvalue weighted by atomic mass is 15.6. The third-order valence-electron chi connectivity index (χ3n) is 2.51. The summed E-state index contributed by atoms with van der Waals surface area (Å²) in [6, 6.07) is 0. The molecule has 0 aliphatic heterocycles. The molecule has 0 aromatic carbocycles. The molecule has 0 unspecified atom stereocenters. The maximum absolute atomic E-state index is 2.47. The average Bonchev–Trinajstić information content (AvgIpc) is 2.17. The van der Waals surface area contributed by atoms with Gasteiger partial charge in [-0.05, 0) is 6.42 Å². The van der Waals surface area contributed by atoms with Gasteiger partial charge in [0.05, 0.1) is 0 Å². The van der Waals surface area contributed by atoms with Crippen LogP contribution in [0.3, 0.4) is 0 Å². The Balaban J connectivity index is 3.71. The summed E-state index contributed by atoms with van der Waals surface area (Å²) in [5.41, 5.74) is 0. The summed E-state index contributed by atoms with van der Waals surface area (Å²) >= 11 is 0. The van der Waals surface area contributed by atoms with Crippen molar-refractivity contribution >= 4 is 0 Å². The summed E-state index contributed by atoms with van der Waals surface area (Å²) in [4.78, 5) is 0. The first kappa shape index (κ1) is 12.9. The lowest BCUT2D eigenvalue weighted by Gasteiger charge is -2.32. The molecule has 2 heteroatoms. The predicted molar refractivity (Wildman–Crippen MR) is 59.7 cm³/mol. The van der Waals surface area contributed by atoms with E-state index < -0.39 is 0 Å². The van der Waals surface area contributed by atoms with E-state index in [1.54, 1.807) is 0 Å². The second-order valence-electron chi connectivity index (χ2n) is 3.39. The fraction of sp³-hybridized carbons (Fsp3) is 1.00. The van der Waals surface area contributed by atoms with Crippen LogP contribution in [0.4, 0.5) is 0 Å². The highest BCUT2D eigenvalue weighted by molar-refractivity contribution is 4.53. The number of nitrogens with zero attached hydrogens (tertiary/aromatic N) is 2. The molecule has 2 nitrogen and oxygen atoms in total. The third kappa shape index (κ3) is 5.27. The van der Waals surface area contributed by atoms with Crippen LogP contribution in [0.5, 0.6) is 0 Å². The molecule has 0 heterocycles. The first-order valence-corrected chi connectivity index (χ1v) is 5.79. The zero-order chi connectivity index (χ0) is 10.1. The van der Waals surface area contributed by atoms with Crippen LogP contribution in [-0.2, 0) is 0 Å². The smallest absolute Gasteiger partial charge is 0.0133 e. The molecule has 0 amide bonds. The largest absolute Gasteiger partial charge is 0.242 e. The van der Waals surface area contributed by atoms with E-state index in [2.05, 4.69) is 37.7 Å². The van der Waals surface area contributed by atoms with E-state index in [-0.39, 0.29) is 0 Å². The van der Waals surface area contributed by atoms with E-state index in [0.717, 1.165) is 19.6 Å². The lowest BCUT2D eigenvalue weighted by molar-refractivity contribution is -0.0128. The van der Waals surface area contributed by atoms with Crippen LogP contribution in [0.25, 0.3) is 0 Å². The monoisotopic (exact) mass is 186 g/mol. The minimum atomic E-state index is 1.14. The Morgan fingerprint density at radius 1 is 0.692 bits per heavy atom. The van der Waals surface area contributed by atoms with Gasteiger partial charge in [-0.15, -0.1) is 0 Å². The zero-order valence-corrected chi connectivity index (χ0v) is 9.84. The maximum Gasteiger partial charge on any atom is 0.0133 e. The fourth-order valence-corrected chi connectivity index (χ4v) is 1.67. The highest BCUT2D eigenvalue weighted by Gasteiger charge is 2.08. The van der Waals surface area contributed by atoms with Crippen molar-refractivity contribution in [3.63, 3.8) is 0 Å². The Labute approximate surface area is 83.9 Å². The first-order chi connectivity index (χ1) is 6.29. The molecule has 13 heavy (non-hydrogen) atoms. The lowest BCUT2D eigenvalue weighted by Crippen LogP contribution is -2.42. The molecule has 0 N–H and O–H groups in total. The normalized spacial score (nSPS) is 11.5. The van der Waals surface area contributed by atoms with E-state index in [9.17, 15) is 0 Å². The van der Waals surface area contributed by atoms with Crippen LogP contribution in [0.15, 0.2) is 0 Å². The van der Waals surface area contributed by atoms with Gasteiger partial charge in [-0.2, -0.15) is 0 Å². The summed E-state index contributed by atoms with van der Waals surface area (Å²) < 4.78 is 0. The molecule has 0 saturated carbocycles. The lowest BCUT2D eigenvalue weighted by atomic mass is 10.2. The molecule has 0 fully saturated rings. The van der Waals surface area contributed by atoms with Crippen LogP contribution in [-0.4, -0.2) is 36.2 Å². The molecule has 0 aromatic heterocycles. The van der Waals surface area contributed by atoms with Crippen molar-refractivity contribution in [3.05, 3.63) is 0 Å². The predicted octanol–water partition coefficient (Wildman–Crippen LogP) is 2.76. The van der Waals surface area contributed by atoms with Gasteiger partial charge in [-0.25, -0.2) is 10.0 Å². The zero-order valence-electron chi connectivity index (χ0n) is 9.84. The van der Waals surface area contributed by atoms with Gasteiger partial charge in [0.1, 0.15) is 0 Å². The van der Waals surface area contributed by atoms with Crippen molar-refractivity contribution < 1.29 is 0 Å². The molecule has 0 aliphatic rings. The molecule has 80 valence electrons. The highest BCUT2D eigenvalue weighted by Crippen LogP contribution is 2.02.